The van der Waals surface area contributed by atoms with Gasteiger partial charge in [-0.3, -0.25) is 4.79 Å². The molecule has 1 amide bonds. The molecule has 114 valence electrons. The van der Waals surface area contributed by atoms with Crippen molar-refractivity contribution in [3.8, 4) is 0 Å². The molecule has 2 aliphatic rings. The van der Waals surface area contributed by atoms with Gasteiger partial charge in [0.25, 0.3) is 5.91 Å². The molecule has 3 atom stereocenters. The lowest BCUT2D eigenvalue weighted by molar-refractivity contribution is -0.146. The molecule has 2 heterocycles. The zero-order valence-electron chi connectivity index (χ0n) is 12.1. The highest BCUT2D eigenvalue weighted by Gasteiger charge is 2.44. The van der Waals surface area contributed by atoms with Gasteiger partial charge in [-0.05, 0) is 38.5 Å². The molecule has 1 aromatic rings. The lowest BCUT2D eigenvalue weighted by Gasteiger charge is -2.47. The van der Waals surface area contributed by atoms with E-state index in [0.29, 0.717) is 22.9 Å². The van der Waals surface area contributed by atoms with Gasteiger partial charge in [0, 0.05) is 6.04 Å². The van der Waals surface area contributed by atoms with Gasteiger partial charge in [0.2, 0.25) is 0 Å². The van der Waals surface area contributed by atoms with Crippen LogP contribution in [0, 0.1) is 12.8 Å². The van der Waals surface area contributed by atoms with E-state index in [0.717, 1.165) is 25.7 Å². The van der Waals surface area contributed by atoms with Crippen molar-refractivity contribution in [2.45, 2.75) is 57.5 Å². The highest BCUT2D eigenvalue weighted by Crippen LogP contribution is 2.39. The maximum Gasteiger partial charge on any atom is 0.326 e. The van der Waals surface area contributed by atoms with Gasteiger partial charge in [-0.1, -0.05) is 12.8 Å². The Balaban J connectivity index is 1.94. The highest BCUT2D eigenvalue weighted by atomic mass is 32.1. The van der Waals surface area contributed by atoms with Crippen LogP contribution in [-0.2, 0) is 4.79 Å². The van der Waals surface area contributed by atoms with Crippen molar-refractivity contribution >= 4 is 23.2 Å². The molecule has 2 fully saturated rings. The average molecular weight is 308 g/mol. The second-order valence-corrected chi connectivity index (χ2v) is 6.88. The van der Waals surface area contributed by atoms with E-state index < -0.39 is 12.0 Å². The molecule has 0 spiro atoms. The van der Waals surface area contributed by atoms with Crippen LogP contribution in [0.5, 0.6) is 0 Å². The average Bonchev–Trinajstić information content (AvgIpc) is 2.91. The number of hydrogen-bond donors (Lipinski definition) is 1. The molecule has 1 aliphatic carbocycles. The number of thiazole rings is 1. The number of piperidine rings is 1. The number of carboxylic acid groups (broad SMARTS) is 1. The Morgan fingerprint density at radius 2 is 2.05 bits per heavy atom. The lowest BCUT2D eigenvalue weighted by Crippen LogP contribution is -2.57. The van der Waals surface area contributed by atoms with Crippen LogP contribution in [0.1, 0.15) is 53.9 Å². The van der Waals surface area contributed by atoms with E-state index in [1.54, 1.807) is 10.4 Å². The Hall–Kier alpha value is -1.43. The number of aliphatic carboxylic acids is 1. The third-order valence-electron chi connectivity index (χ3n) is 4.83. The minimum Gasteiger partial charge on any atom is -0.480 e. The van der Waals surface area contributed by atoms with Crippen LogP contribution in [0.4, 0.5) is 0 Å². The van der Waals surface area contributed by atoms with Gasteiger partial charge in [-0.15, -0.1) is 11.3 Å². The summed E-state index contributed by atoms with van der Waals surface area (Å²) in [7, 11) is 0. The second-order valence-electron chi connectivity index (χ2n) is 6.02. The van der Waals surface area contributed by atoms with Crippen molar-refractivity contribution < 1.29 is 14.7 Å². The summed E-state index contributed by atoms with van der Waals surface area (Å²) in [5, 5.41) is 9.51. The molecule has 0 bridgehead atoms. The monoisotopic (exact) mass is 308 g/mol. The summed E-state index contributed by atoms with van der Waals surface area (Å²) in [6.45, 7) is 1.81. The molecule has 5 nitrogen and oxygen atoms in total. The molecule has 1 saturated heterocycles. The number of aromatic nitrogens is 1. The van der Waals surface area contributed by atoms with E-state index in [-0.39, 0.29) is 11.9 Å². The third kappa shape index (κ3) is 2.57. The maximum atomic E-state index is 12.9. The smallest absolute Gasteiger partial charge is 0.326 e. The molecular formula is C15H20N2O3S. The molecule has 0 radical (unpaired) electrons. The Morgan fingerprint density at radius 3 is 2.71 bits per heavy atom. The first kappa shape index (κ1) is 14.5. The molecule has 1 aliphatic heterocycles. The fourth-order valence-electron chi connectivity index (χ4n) is 3.79. The second kappa shape index (κ2) is 5.75. The predicted molar refractivity (Wildman–Crippen MR) is 79.4 cm³/mol. The number of fused-ring (bicyclic) bond motifs is 1. The number of carbonyl (C=O) groups is 2. The molecule has 3 rings (SSSR count). The molecule has 1 aromatic heterocycles. The molecule has 1 saturated carbocycles. The zero-order chi connectivity index (χ0) is 15.0. The Bertz CT molecular complexity index is 557. The predicted octanol–water partition coefficient (Wildman–Crippen LogP) is 2.70. The van der Waals surface area contributed by atoms with Gasteiger partial charge in [0.05, 0.1) is 11.2 Å². The van der Waals surface area contributed by atoms with Crippen molar-refractivity contribution in [1.29, 1.82) is 0 Å². The summed E-state index contributed by atoms with van der Waals surface area (Å²) in [5.74, 6) is -0.555. The molecule has 1 N–H and O–H groups in total. The SMILES string of the molecule is Cc1ncsc1C(=O)N1C(C(=O)O)CCC2CCCCC21. The lowest BCUT2D eigenvalue weighted by atomic mass is 9.76. The number of carbonyl (C=O) groups excluding carboxylic acids is 1. The van der Waals surface area contributed by atoms with E-state index >= 15 is 0 Å². The van der Waals surface area contributed by atoms with Crippen LogP contribution in [0.25, 0.3) is 0 Å². The van der Waals surface area contributed by atoms with Crippen LogP contribution in [-0.4, -0.2) is 39.0 Å². The Kier molecular flexibility index (Phi) is 3.97. The number of rotatable bonds is 2. The minimum atomic E-state index is -0.880. The van der Waals surface area contributed by atoms with E-state index in [9.17, 15) is 14.7 Å². The summed E-state index contributed by atoms with van der Waals surface area (Å²) in [6, 6.07) is -0.596. The van der Waals surface area contributed by atoms with Gasteiger partial charge in [0.15, 0.2) is 0 Å². The van der Waals surface area contributed by atoms with Crippen molar-refractivity contribution in [3.63, 3.8) is 0 Å². The maximum absolute atomic E-state index is 12.9. The third-order valence-corrected chi connectivity index (χ3v) is 5.75. The molecule has 6 heteroatoms. The zero-order valence-corrected chi connectivity index (χ0v) is 12.9. The van der Waals surface area contributed by atoms with Crippen molar-refractivity contribution in [2.75, 3.05) is 0 Å². The normalized spacial score (nSPS) is 29.0. The number of amides is 1. The summed E-state index contributed by atoms with van der Waals surface area (Å²) >= 11 is 1.31. The van der Waals surface area contributed by atoms with Crippen LogP contribution >= 0.6 is 11.3 Å². The molecule has 3 unspecified atom stereocenters. The Labute approximate surface area is 128 Å². The van der Waals surface area contributed by atoms with Gasteiger partial charge in [0.1, 0.15) is 10.9 Å². The van der Waals surface area contributed by atoms with Crippen LogP contribution in [0.3, 0.4) is 0 Å². The minimum absolute atomic E-state index is 0.0857. The van der Waals surface area contributed by atoms with Crippen LogP contribution in [0.15, 0.2) is 5.51 Å². The van der Waals surface area contributed by atoms with E-state index in [4.69, 9.17) is 0 Å². The van der Waals surface area contributed by atoms with Crippen molar-refractivity contribution in [3.05, 3.63) is 16.1 Å². The quantitative estimate of drug-likeness (QED) is 0.912. The van der Waals surface area contributed by atoms with E-state index in [2.05, 4.69) is 4.98 Å². The standard InChI is InChI=1S/C15H20N2O3S/c1-9-13(21-8-16-9)14(18)17-11-5-3-2-4-10(11)6-7-12(17)15(19)20/h8,10-12H,2-7H2,1H3,(H,19,20). The first-order valence-electron chi connectivity index (χ1n) is 7.55. The molecule has 0 aromatic carbocycles. The molecular weight excluding hydrogens is 288 g/mol. The first-order chi connectivity index (χ1) is 10.1. The summed E-state index contributed by atoms with van der Waals surface area (Å²) in [6.07, 6.45) is 5.81. The van der Waals surface area contributed by atoms with Gasteiger partial charge >= 0.3 is 5.97 Å². The Morgan fingerprint density at radius 1 is 1.29 bits per heavy atom. The molecule has 21 heavy (non-hydrogen) atoms. The summed E-state index contributed by atoms with van der Waals surface area (Å²) in [4.78, 5) is 30.9. The summed E-state index contributed by atoms with van der Waals surface area (Å²) in [5.41, 5.74) is 2.35. The fourth-order valence-corrected chi connectivity index (χ4v) is 4.54. The largest absolute Gasteiger partial charge is 0.480 e. The van der Waals surface area contributed by atoms with Crippen LogP contribution in [0.2, 0.25) is 0 Å². The van der Waals surface area contributed by atoms with E-state index in [1.807, 2.05) is 6.92 Å². The number of carboxylic acids is 1. The van der Waals surface area contributed by atoms with Crippen molar-refractivity contribution in [2.24, 2.45) is 5.92 Å². The van der Waals surface area contributed by atoms with E-state index in [1.165, 1.54) is 17.8 Å². The first-order valence-corrected chi connectivity index (χ1v) is 8.43. The van der Waals surface area contributed by atoms with Crippen LogP contribution < -0.4 is 0 Å². The van der Waals surface area contributed by atoms with Gasteiger partial charge in [-0.2, -0.15) is 0 Å². The van der Waals surface area contributed by atoms with Gasteiger partial charge < -0.3 is 10.0 Å². The number of aryl methyl sites for hydroxylation is 1. The number of hydrogen-bond acceptors (Lipinski definition) is 4. The highest BCUT2D eigenvalue weighted by molar-refractivity contribution is 7.11. The number of nitrogens with zero attached hydrogens (tertiary/aromatic N) is 2. The topological polar surface area (TPSA) is 70.5 Å². The van der Waals surface area contributed by atoms with Gasteiger partial charge in [-0.25, -0.2) is 9.78 Å². The van der Waals surface area contributed by atoms with Crippen molar-refractivity contribution in [1.82, 2.24) is 9.88 Å². The summed E-state index contributed by atoms with van der Waals surface area (Å²) < 4.78 is 0. The fraction of sp³-hybridized carbons (Fsp3) is 0.667. The number of likely N-dealkylation sites (tertiary alicyclic amines) is 1.